The summed E-state index contributed by atoms with van der Waals surface area (Å²) in [7, 11) is 3.45. The topological polar surface area (TPSA) is 67.7 Å². The monoisotopic (exact) mass is 446 g/mol. The summed E-state index contributed by atoms with van der Waals surface area (Å²) < 4.78 is 7.87. The number of imidazole rings is 1. The Morgan fingerprint density at radius 3 is 2.58 bits per heavy atom. The molecular weight excluding hydrogens is 416 g/mol. The van der Waals surface area contributed by atoms with E-state index < -0.39 is 5.60 Å². The fourth-order valence-electron chi connectivity index (χ4n) is 4.32. The molecule has 0 N–H and O–H groups in total. The van der Waals surface area contributed by atoms with Gasteiger partial charge in [0.25, 0.3) is 5.91 Å². The van der Waals surface area contributed by atoms with Gasteiger partial charge in [-0.2, -0.15) is 0 Å². The third-order valence-electron chi connectivity index (χ3n) is 6.01. The first-order valence-electron chi connectivity index (χ1n) is 11.1. The van der Waals surface area contributed by atoms with Crippen LogP contribution in [-0.2, 0) is 27.3 Å². The minimum Gasteiger partial charge on any atom is -0.361 e. The molecule has 0 bridgehead atoms. The molecule has 0 spiro atoms. The third kappa shape index (κ3) is 5.14. The summed E-state index contributed by atoms with van der Waals surface area (Å²) in [6.45, 7) is 3.27. The third-order valence-corrected chi connectivity index (χ3v) is 6.01. The molecule has 7 nitrogen and oxygen atoms in total. The van der Waals surface area contributed by atoms with Gasteiger partial charge < -0.3 is 19.1 Å². The average molecular weight is 447 g/mol. The highest BCUT2D eigenvalue weighted by Gasteiger charge is 2.45. The number of hydrogen-bond donors (Lipinski definition) is 0. The number of nitrogens with zero attached hydrogens (tertiary/aromatic N) is 4. The molecule has 1 fully saturated rings. The van der Waals surface area contributed by atoms with E-state index in [0.29, 0.717) is 19.6 Å². The molecule has 1 aromatic heterocycles. The molecule has 2 aromatic carbocycles. The fourth-order valence-corrected chi connectivity index (χ4v) is 4.32. The number of carbonyl (C=O) groups is 2. The first-order valence-corrected chi connectivity index (χ1v) is 11.1. The molecule has 1 saturated heterocycles. The van der Waals surface area contributed by atoms with Crippen LogP contribution < -0.4 is 0 Å². The van der Waals surface area contributed by atoms with Gasteiger partial charge in [0.2, 0.25) is 5.91 Å². The van der Waals surface area contributed by atoms with Crippen molar-refractivity contribution in [3.8, 4) is 11.1 Å². The molecule has 0 aliphatic carbocycles. The summed E-state index contributed by atoms with van der Waals surface area (Å²) in [6, 6.07) is 16.6. The van der Waals surface area contributed by atoms with E-state index in [0.717, 1.165) is 16.7 Å². The number of ether oxygens (including phenoxy) is 1. The number of benzene rings is 2. The summed E-state index contributed by atoms with van der Waals surface area (Å²) in [4.78, 5) is 33.5. The number of hydrogen-bond acceptors (Lipinski definition) is 4. The van der Waals surface area contributed by atoms with Crippen molar-refractivity contribution < 1.29 is 14.3 Å². The Morgan fingerprint density at radius 2 is 1.91 bits per heavy atom. The summed E-state index contributed by atoms with van der Waals surface area (Å²) in [5.74, 6) is -0.188. The predicted octanol–water partition coefficient (Wildman–Crippen LogP) is 2.79. The number of aromatic nitrogens is 2. The molecule has 1 atom stereocenters. The number of morpholine rings is 1. The normalized spacial score (nSPS) is 18.2. The van der Waals surface area contributed by atoms with Crippen molar-refractivity contribution in [3.05, 3.63) is 78.4 Å². The lowest BCUT2D eigenvalue weighted by Crippen LogP contribution is -2.62. The molecule has 172 valence electrons. The number of rotatable bonds is 6. The standard InChI is InChI=1S/C26H30N4O3/c1-20-5-4-6-23(15-20)22-9-7-21(8-10-22)16-26(25(32)28(2)3)18-30(13-14-33-26)24(31)17-29-12-11-27-19-29/h4-12,15,19H,13-14,16-18H2,1-3H3. The smallest absolute Gasteiger partial charge is 0.256 e. The average Bonchev–Trinajstić information content (AvgIpc) is 3.32. The van der Waals surface area contributed by atoms with Crippen molar-refractivity contribution in [2.75, 3.05) is 33.8 Å². The second-order valence-corrected chi connectivity index (χ2v) is 8.84. The summed E-state index contributed by atoms with van der Waals surface area (Å²) in [5.41, 5.74) is 3.37. The van der Waals surface area contributed by atoms with Gasteiger partial charge in [0.05, 0.1) is 19.5 Å². The van der Waals surface area contributed by atoms with Crippen LogP contribution in [0.3, 0.4) is 0 Å². The number of amides is 2. The Balaban J connectivity index is 1.55. The maximum atomic E-state index is 13.3. The Kier molecular flexibility index (Phi) is 6.60. The largest absolute Gasteiger partial charge is 0.361 e. The number of likely N-dealkylation sites (N-methyl/N-ethyl adjacent to an activating group) is 1. The highest BCUT2D eigenvalue weighted by Crippen LogP contribution is 2.28. The lowest BCUT2D eigenvalue weighted by atomic mass is 9.90. The van der Waals surface area contributed by atoms with Crippen LogP contribution in [0.1, 0.15) is 11.1 Å². The summed E-state index contributed by atoms with van der Waals surface area (Å²) in [5, 5.41) is 0. The highest BCUT2D eigenvalue weighted by molar-refractivity contribution is 5.87. The van der Waals surface area contributed by atoms with Crippen LogP contribution in [0, 0.1) is 6.92 Å². The van der Waals surface area contributed by atoms with Gasteiger partial charge >= 0.3 is 0 Å². The fraction of sp³-hybridized carbons (Fsp3) is 0.346. The molecule has 1 aliphatic rings. The van der Waals surface area contributed by atoms with E-state index in [1.165, 1.54) is 5.56 Å². The first-order chi connectivity index (χ1) is 15.9. The van der Waals surface area contributed by atoms with Gasteiger partial charge in [-0.1, -0.05) is 54.1 Å². The van der Waals surface area contributed by atoms with Crippen molar-refractivity contribution in [1.82, 2.24) is 19.4 Å². The Labute approximate surface area is 194 Å². The van der Waals surface area contributed by atoms with Crippen LogP contribution in [0.25, 0.3) is 11.1 Å². The molecule has 1 aliphatic heterocycles. The van der Waals surface area contributed by atoms with Crippen molar-refractivity contribution in [2.45, 2.75) is 25.5 Å². The summed E-state index contributed by atoms with van der Waals surface area (Å²) >= 11 is 0. The van der Waals surface area contributed by atoms with Crippen LogP contribution in [0.2, 0.25) is 0 Å². The number of aryl methyl sites for hydroxylation is 1. The maximum absolute atomic E-state index is 13.3. The molecule has 7 heteroatoms. The molecule has 1 unspecified atom stereocenters. The van der Waals surface area contributed by atoms with Gasteiger partial charge in [-0.25, -0.2) is 4.98 Å². The molecule has 33 heavy (non-hydrogen) atoms. The van der Waals surface area contributed by atoms with E-state index in [1.54, 1.807) is 47.2 Å². The molecule has 0 saturated carbocycles. The zero-order valence-electron chi connectivity index (χ0n) is 19.4. The second-order valence-electron chi connectivity index (χ2n) is 8.84. The predicted molar refractivity (Wildman–Crippen MR) is 127 cm³/mol. The van der Waals surface area contributed by atoms with E-state index in [4.69, 9.17) is 4.74 Å². The Hall–Kier alpha value is -3.45. The van der Waals surface area contributed by atoms with Gasteiger partial charge in [0, 0.05) is 39.5 Å². The van der Waals surface area contributed by atoms with Gasteiger partial charge in [0.15, 0.2) is 5.60 Å². The van der Waals surface area contributed by atoms with E-state index in [1.807, 2.05) is 12.1 Å². The van der Waals surface area contributed by atoms with Crippen molar-refractivity contribution in [1.29, 1.82) is 0 Å². The van der Waals surface area contributed by atoms with Crippen LogP contribution in [-0.4, -0.2) is 70.6 Å². The van der Waals surface area contributed by atoms with E-state index in [-0.39, 0.29) is 24.9 Å². The van der Waals surface area contributed by atoms with Gasteiger partial charge in [-0.15, -0.1) is 0 Å². The maximum Gasteiger partial charge on any atom is 0.256 e. The van der Waals surface area contributed by atoms with Crippen molar-refractivity contribution in [2.24, 2.45) is 0 Å². The Morgan fingerprint density at radius 1 is 1.12 bits per heavy atom. The summed E-state index contributed by atoms with van der Waals surface area (Å²) in [6.07, 6.45) is 5.42. The van der Waals surface area contributed by atoms with Crippen LogP contribution in [0.4, 0.5) is 0 Å². The lowest BCUT2D eigenvalue weighted by Gasteiger charge is -2.43. The van der Waals surface area contributed by atoms with Crippen LogP contribution in [0.15, 0.2) is 67.3 Å². The van der Waals surface area contributed by atoms with E-state index in [2.05, 4.69) is 48.3 Å². The SMILES string of the molecule is Cc1cccc(-c2ccc(CC3(C(=O)N(C)C)CN(C(=O)Cn4ccnc4)CCO3)cc2)c1. The van der Waals surface area contributed by atoms with E-state index >= 15 is 0 Å². The van der Waals surface area contributed by atoms with E-state index in [9.17, 15) is 9.59 Å². The molecule has 4 rings (SSSR count). The van der Waals surface area contributed by atoms with Crippen molar-refractivity contribution >= 4 is 11.8 Å². The first kappa shape index (κ1) is 22.7. The van der Waals surface area contributed by atoms with Crippen molar-refractivity contribution in [3.63, 3.8) is 0 Å². The van der Waals surface area contributed by atoms with Gasteiger partial charge in [-0.3, -0.25) is 9.59 Å². The molecule has 2 amide bonds. The highest BCUT2D eigenvalue weighted by atomic mass is 16.5. The zero-order chi connectivity index (χ0) is 23.4. The van der Waals surface area contributed by atoms with Crippen LogP contribution >= 0.6 is 0 Å². The minimum atomic E-state index is -1.11. The quantitative estimate of drug-likeness (QED) is 0.584. The van der Waals surface area contributed by atoms with Gasteiger partial charge in [0.1, 0.15) is 6.54 Å². The molecule has 3 aromatic rings. The van der Waals surface area contributed by atoms with Gasteiger partial charge in [-0.05, 0) is 23.6 Å². The molecule has 2 heterocycles. The number of carbonyl (C=O) groups excluding carboxylic acids is 2. The Bertz CT molecular complexity index is 1110. The minimum absolute atomic E-state index is 0.0537. The lowest BCUT2D eigenvalue weighted by molar-refractivity contribution is -0.172. The molecular formula is C26H30N4O3. The zero-order valence-corrected chi connectivity index (χ0v) is 19.4. The second kappa shape index (κ2) is 9.58. The molecule has 0 radical (unpaired) electrons. The van der Waals surface area contributed by atoms with Crippen LogP contribution in [0.5, 0.6) is 0 Å².